The van der Waals surface area contributed by atoms with E-state index in [1.165, 1.54) is 31.1 Å². The Morgan fingerprint density at radius 3 is 2.31 bits per heavy atom. The first-order chi connectivity index (χ1) is 12.5. The van der Waals surface area contributed by atoms with Gasteiger partial charge in [-0.25, -0.2) is 13.1 Å². The number of hydrogen-bond donors (Lipinski definition) is 1. The van der Waals surface area contributed by atoms with Crippen LogP contribution in [0.15, 0.2) is 47.4 Å². The molecule has 2 aromatic carbocycles. The number of nitrogens with one attached hydrogen (secondary N) is 1. The summed E-state index contributed by atoms with van der Waals surface area (Å²) in [6.07, 6.45) is 3.45. The molecule has 0 bridgehead atoms. The first-order valence-electron chi connectivity index (χ1n) is 9.20. The third-order valence-corrected chi connectivity index (χ3v) is 6.86. The minimum absolute atomic E-state index is 0.301. The van der Waals surface area contributed by atoms with Crippen LogP contribution in [-0.4, -0.2) is 34.6 Å². The first kappa shape index (κ1) is 17.4. The lowest BCUT2D eigenvalue weighted by molar-refractivity contribution is 0.588. The van der Waals surface area contributed by atoms with E-state index in [4.69, 9.17) is 0 Å². The van der Waals surface area contributed by atoms with Crippen molar-refractivity contribution >= 4 is 27.1 Å². The number of benzene rings is 2. The van der Waals surface area contributed by atoms with Gasteiger partial charge in [0, 0.05) is 36.2 Å². The third kappa shape index (κ3) is 2.97. The molecule has 1 N–H and O–H groups in total. The predicted octanol–water partition coefficient (Wildman–Crippen LogP) is 3.28. The van der Waals surface area contributed by atoms with Crippen molar-refractivity contribution in [3.63, 3.8) is 0 Å². The van der Waals surface area contributed by atoms with E-state index < -0.39 is 10.0 Å². The highest BCUT2D eigenvalue weighted by Gasteiger charge is 2.29. The normalized spacial score (nSPS) is 19.8. The summed E-state index contributed by atoms with van der Waals surface area (Å²) in [7, 11) is -2.00. The van der Waals surface area contributed by atoms with Crippen LogP contribution in [0.3, 0.4) is 0 Å². The summed E-state index contributed by atoms with van der Waals surface area (Å²) in [5.74, 6) is 0. The van der Waals surface area contributed by atoms with Gasteiger partial charge in [-0.15, -0.1) is 0 Å². The lowest BCUT2D eigenvalue weighted by atomic mass is 10.1. The zero-order valence-corrected chi connectivity index (χ0v) is 16.1. The Hall–Kier alpha value is -2.05. The Labute approximate surface area is 155 Å². The van der Waals surface area contributed by atoms with Crippen molar-refractivity contribution in [3.8, 4) is 0 Å². The van der Waals surface area contributed by atoms with Gasteiger partial charge in [-0.2, -0.15) is 0 Å². The van der Waals surface area contributed by atoms with Gasteiger partial charge >= 0.3 is 0 Å². The summed E-state index contributed by atoms with van der Waals surface area (Å²) in [4.78, 5) is 4.98. The number of hydrogen-bond acceptors (Lipinski definition) is 4. The highest BCUT2D eigenvalue weighted by Crippen LogP contribution is 2.40. The molecular formula is C20H25N3O2S. The summed E-state index contributed by atoms with van der Waals surface area (Å²) in [6, 6.07) is 14.4. The highest BCUT2D eigenvalue weighted by atomic mass is 32.2. The average Bonchev–Trinajstić information content (AvgIpc) is 3.28. The van der Waals surface area contributed by atoms with E-state index in [1.807, 2.05) is 6.07 Å². The molecule has 2 aliphatic heterocycles. The van der Waals surface area contributed by atoms with E-state index in [0.717, 1.165) is 30.9 Å². The molecule has 138 valence electrons. The van der Waals surface area contributed by atoms with E-state index in [2.05, 4.69) is 45.7 Å². The zero-order valence-electron chi connectivity index (χ0n) is 15.3. The summed E-state index contributed by atoms with van der Waals surface area (Å²) >= 11 is 0. The topological polar surface area (TPSA) is 52.7 Å². The van der Waals surface area contributed by atoms with E-state index in [1.54, 1.807) is 12.1 Å². The molecule has 1 unspecified atom stereocenters. The molecule has 0 spiro atoms. The summed E-state index contributed by atoms with van der Waals surface area (Å²) < 4.78 is 26.8. The molecule has 1 atom stereocenters. The molecule has 26 heavy (non-hydrogen) atoms. The fourth-order valence-electron chi connectivity index (χ4n) is 4.07. The number of nitrogens with zero attached hydrogens (tertiary/aromatic N) is 2. The summed E-state index contributed by atoms with van der Waals surface area (Å²) in [6.45, 7) is 4.45. The summed E-state index contributed by atoms with van der Waals surface area (Å²) in [5.41, 5.74) is 4.56. The van der Waals surface area contributed by atoms with Gasteiger partial charge in [-0.05, 0) is 75.2 Å². The molecule has 2 heterocycles. The quantitative estimate of drug-likeness (QED) is 0.896. The Bertz CT molecular complexity index is 903. The number of rotatable bonds is 4. The van der Waals surface area contributed by atoms with Gasteiger partial charge in [-0.1, -0.05) is 6.07 Å². The van der Waals surface area contributed by atoms with Crippen LogP contribution in [-0.2, 0) is 16.4 Å². The molecule has 0 aromatic heterocycles. The van der Waals surface area contributed by atoms with E-state index >= 15 is 0 Å². The monoisotopic (exact) mass is 371 g/mol. The predicted molar refractivity (Wildman–Crippen MR) is 106 cm³/mol. The van der Waals surface area contributed by atoms with Crippen molar-refractivity contribution < 1.29 is 8.42 Å². The number of anilines is 3. The second-order valence-electron chi connectivity index (χ2n) is 7.13. The Morgan fingerprint density at radius 1 is 1.00 bits per heavy atom. The van der Waals surface area contributed by atoms with Gasteiger partial charge in [0.2, 0.25) is 10.0 Å². The fourth-order valence-corrected chi connectivity index (χ4v) is 4.82. The molecule has 0 radical (unpaired) electrons. The lowest BCUT2D eigenvalue weighted by Gasteiger charge is -2.26. The molecule has 1 fully saturated rings. The largest absolute Gasteiger partial charge is 0.372 e. The molecule has 2 aliphatic rings. The van der Waals surface area contributed by atoms with Crippen molar-refractivity contribution in [3.05, 3.63) is 48.0 Å². The molecule has 2 aromatic rings. The highest BCUT2D eigenvalue weighted by molar-refractivity contribution is 7.89. The molecular weight excluding hydrogens is 346 g/mol. The molecule has 4 rings (SSSR count). The zero-order chi connectivity index (χ0) is 18.3. The Balaban J connectivity index is 1.69. The van der Waals surface area contributed by atoms with Crippen LogP contribution in [0.2, 0.25) is 0 Å². The maximum Gasteiger partial charge on any atom is 0.240 e. The third-order valence-electron chi connectivity index (χ3n) is 5.45. The van der Waals surface area contributed by atoms with Gasteiger partial charge in [0.05, 0.1) is 4.90 Å². The molecule has 0 saturated carbocycles. The first-order valence-corrected chi connectivity index (χ1v) is 10.7. The van der Waals surface area contributed by atoms with Crippen LogP contribution in [0.25, 0.3) is 0 Å². The maximum absolute atomic E-state index is 12.2. The van der Waals surface area contributed by atoms with Crippen LogP contribution < -0.4 is 14.5 Å². The molecule has 1 saturated heterocycles. The Morgan fingerprint density at radius 2 is 1.65 bits per heavy atom. The van der Waals surface area contributed by atoms with Crippen molar-refractivity contribution in [2.45, 2.75) is 37.1 Å². The van der Waals surface area contributed by atoms with Crippen LogP contribution in [0.1, 0.15) is 25.3 Å². The van der Waals surface area contributed by atoms with Gasteiger partial charge < -0.3 is 9.80 Å². The van der Waals surface area contributed by atoms with Crippen LogP contribution in [0, 0.1) is 0 Å². The molecule has 0 amide bonds. The van der Waals surface area contributed by atoms with E-state index in [9.17, 15) is 8.42 Å². The minimum Gasteiger partial charge on any atom is -0.372 e. The van der Waals surface area contributed by atoms with E-state index in [-0.39, 0.29) is 0 Å². The molecule has 6 heteroatoms. The average molecular weight is 372 g/mol. The molecule has 0 aliphatic carbocycles. The lowest BCUT2D eigenvalue weighted by Crippen LogP contribution is -2.24. The van der Waals surface area contributed by atoms with Gasteiger partial charge in [0.15, 0.2) is 0 Å². The minimum atomic E-state index is -3.44. The van der Waals surface area contributed by atoms with Crippen molar-refractivity contribution in [2.75, 3.05) is 29.9 Å². The SMILES string of the molecule is CNS(=O)(=O)c1ccc2c(c1)N(c1ccc(N3CCCC3)cc1)C(C)C2. The van der Waals surface area contributed by atoms with Crippen LogP contribution >= 0.6 is 0 Å². The summed E-state index contributed by atoms with van der Waals surface area (Å²) in [5, 5.41) is 0. The smallest absolute Gasteiger partial charge is 0.240 e. The van der Waals surface area contributed by atoms with Crippen molar-refractivity contribution in [2.24, 2.45) is 0 Å². The number of sulfonamides is 1. The second kappa shape index (κ2) is 6.59. The van der Waals surface area contributed by atoms with Gasteiger partial charge in [0.1, 0.15) is 0 Å². The van der Waals surface area contributed by atoms with Crippen LogP contribution in [0.5, 0.6) is 0 Å². The van der Waals surface area contributed by atoms with Crippen molar-refractivity contribution in [1.82, 2.24) is 4.72 Å². The Kier molecular flexibility index (Phi) is 4.40. The molecule has 5 nitrogen and oxygen atoms in total. The van der Waals surface area contributed by atoms with Gasteiger partial charge in [0.25, 0.3) is 0 Å². The van der Waals surface area contributed by atoms with Crippen molar-refractivity contribution in [1.29, 1.82) is 0 Å². The standard InChI is InChI=1S/C20H25N3O2S/c1-15-13-16-5-10-19(26(24,25)21-2)14-20(16)23(15)18-8-6-17(7-9-18)22-11-3-4-12-22/h5-10,14-15,21H,3-4,11-13H2,1-2H3. The van der Waals surface area contributed by atoms with Crippen LogP contribution in [0.4, 0.5) is 17.1 Å². The number of fused-ring (bicyclic) bond motifs is 1. The fraction of sp³-hybridized carbons (Fsp3) is 0.400. The van der Waals surface area contributed by atoms with E-state index in [0.29, 0.717) is 10.9 Å². The maximum atomic E-state index is 12.2. The second-order valence-corrected chi connectivity index (χ2v) is 9.02. The van der Waals surface area contributed by atoms with Gasteiger partial charge in [-0.3, -0.25) is 0 Å².